The Labute approximate surface area is 128 Å². The molecule has 1 amide bonds. The highest BCUT2D eigenvalue weighted by atomic mass is 16.2. The normalized spacial score (nSPS) is 29.2. The van der Waals surface area contributed by atoms with Crippen molar-refractivity contribution in [3.63, 3.8) is 0 Å². The molecule has 0 saturated carbocycles. The lowest BCUT2D eigenvalue weighted by atomic mass is 9.95. The van der Waals surface area contributed by atoms with E-state index in [0.29, 0.717) is 17.7 Å². The number of nitrogens with zero attached hydrogens (tertiary/aromatic N) is 3. The van der Waals surface area contributed by atoms with Crippen LogP contribution in [-0.4, -0.2) is 51.6 Å². The van der Waals surface area contributed by atoms with Gasteiger partial charge in [-0.1, -0.05) is 18.2 Å². The highest BCUT2D eigenvalue weighted by Gasteiger charge is 2.47. The zero-order valence-electron chi connectivity index (χ0n) is 12.5. The molecule has 0 spiro atoms. The minimum Gasteiger partial charge on any atom is -0.306 e. The van der Waals surface area contributed by atoms with Crippen LogP contribution in [0.5, 0.6) is 0 Å². The molecule has 3 bridgehead atoms. The van der Waals surface area contributed by atoms with Gasteiger partial charge in [0.05, 0.1) is 11.6 Å². The molecule has 0 aliphatic carbocycles. The van der Waals surface area contributed by atoms with Gasteiger partial charge in [-0.05, 0) is 25.0 Å². The second-order valence-electron chi connectivity index (χ2n) is 6.73. The Morgan fingerprint density at radius 1 is 1.36 bits per heavy atom. The Hall–Kier alpha value is -2.14. The first-order valence-corrected chi connectivity index (χ1v) is 7.91. The molecule has 1 aromatic carbocycles. The highest BCUT2D eigenvalue weighted by Crippen LogP contribution is 2.41. The minimum absolute atomic E-state index is 0.0533. The van der Waals surface area contributed by atoms with Crippen LogP contribution in [0.4, 0.5) is 0 Å². The molecule has 1 N–H and O–H groups in total. The van der Waals surface area contributed by atoms with Gasteiger partial charge >= 0.3 is 0 Å². The molecule has 2 aromatic rings. The van der Waals surface area contributed by atoms with E-state index in [1.54, 1.807) is 0 Å². The second kappa shape index (κ2) is 4.20. The number of likely N-dealkylation sites (tertiary alicyclic amines) is 1. The van der Waals surface area contributed by atoms with Crippen LogP contribution in [0.1, 0.15) is 22.5 Å². The fourth-order valence-corrected chi connectivity index (χ4v) is 4.30. The molecular weight excluding hydrogens is 276 g/mol. The summed E-state index contributed by atoms with van der Waals surface area (Å²) in [6, 6.07) is 6.39. The van der Waals surface area contributed by atoms with E-state index in [1.165, 1.54) is 11.3 Å². The highest BCUT2D eigenvalue weighted by molar-refractivity contribution is 6.05. The van der Waals surface area contributed by atoms with Gasteiger partial charge in [-0.15, -0.1) is 0 Å². The minimum atomic E-state index is 0.0533. The van der Waals surface area contributed by atoms with E-state index in [2.05, 4.69) is 21.2 Å². The van der Waals surface area contributed by atoms with Crippen LogP contribution in [0.25, 0.3) is 10.9 Å². The number of rotatable bonds is 1. The second-order valence-corrected chi connectivity index (χ2v) is 6.73. The van der Waals surface area contributed by atoms with E-state index < -0.39 is 0 Å². The zero-order chi connectivity index (χ0) is 14.8. The number of hydrogen-bond acceptors (Lipinski definition) is 3. The maximum Gasteiger partial charge on any atom is 0.279 e. The quantitative estimate of drug-likeness (QED) is 0.874. The lowest BCUT2D eigenvalue weighted by Gasteiger charge is -2.31. The molecule has 5 heteroatoms. The van der Waals surface area contributed by atoms with Crippen molar-refractivity contribution in [3.8, 4) is 0 Å². The van der Waals surface area contributed by atoms with Gasteiger partial charge in [0, 0.05) is 36.6 Å². The van der Waals surface area contributed by atoms with E-state index in [1.807, 2.05) is 30.0 Å². The van der Waals surface area contributed by atoms with E-state index in [4.69, 9.17) is 0 Å². The summed E-state index contributed by atoms with van der Waals surface area (Å²) in [6.45, 7) is 5.12. The van der Waals surface area contributed by atoms with Crippen LogP contribution in [0.3, 0.4) is 0 Å². The predicted octanol–water partition coefficient (Wildman–Crippen LogP) is 1.92. The topological polar surface area (TPSA) is 52.2 Å². The van der Waals surface area contributed by atoms with Crippen LogP contribution in [0, 0.1) is 12.8 Å². The van der Waals surface area contributed by atoms with Gasteiger partial charge in [-0.2, -0.15) is 5.10 Å². The van der Waals surface area contributed by atoms with Crippen LogP contribution in [0.15, 0.2) is 30.0 Å². The number of nitrogens with one attached hydrogen (secondary N) is 1. The first-order chi connectivity index (χ1) is 10.7. The number of benzene rings is 1. The van der Waals surface area contributed by atoms with Gasteiger partial charge in [-0.3, -0.25) is 14.8 Å². The molecule has 1 aromatic heterocycles. The molecule has 112 valence electrons. The van der Waals surface area contributed by atoms with Crippen molar-refractivity contribution in [2.45, 2.75) is 19.4 Å². The summed E-state index contributed by atoms with van der Waals surface area (Å²) in [5, 5.41) is 8.25. The molecule has 3 aliphatic heterocycles. The third-order valence-corrected chi connectivity index (χ3v) is 5.26. The SMILES string of the molecule is Cc1ccc2c(C(=O)N3C4=CCN5CC4CC3C5)n[nH]c2c1. The number of piperidine rings is 1. The van der Waals surface area contributed by atoms with Crippen molar-refractivity contribution in [2.75, 3.05) is 19.6 Å². The average molecular weight is 294 g/mol. The smallest absolute Gasteiger partial charge is 0.279 e. The number of hydrogen-bond donors (Lipinski definition) is 1. The van der Waals surface area contributed by atoms with Crippen molar-refractivity contribution in [3.05, 3.63) is 41.2 Å². The third kappa shape index (κ3) is 1.57. The molecule has 4 heterocycles. The number of aromatic nitrogens is 2. The molecule has 3 atom stereocenters. The average Bonchev–Trinajstić information content (AvgIpc) is 2.98. The zero-order valence-corrected chi connectivity index (χ0v) is 12.5. The summed E-state index contributed by atoms with van der Waals surface area (Å²) in [5.41, 5.74) is 3.89. The number of fused-ring (bicyclic) bond motifs is 3. The Balaban J connectivity index is 1.59. The van der Waals surface area contributed by atoms with Crippen LogP contribution < -0.4 is 0 Å². The summed E-state index contributed by atoms with van der Waals surface area (Å²) >= 11 is 0. The number of amides is 1. The summed E-state index contributed by atoms with van der Waals surface area (Å²) in [7, 11) is 0. The Morgan fingerprint density at radius 3 is 3.18 bits per heavy atom. The van der Waals surface area contributed by atoms with E-state index in [9.17, 15) is 4.79 Å². The van der Waals surface area contributed by atoms with Crippen LogP contribution in [-0.2, 0) is 0 Å². The first-order valence-electron chi connectivity index (χ1n) is 7.91. The van der Waals surface area contributed by atoms with Crippen molar-refractivity contribution < 1.29 is 4.79 Å². The van der Waals surface area contributed by atoms with Crippen LogP contribution >= 0.6 is 0 Å². The van der Waals surface area contributed by atoms with Gasteiger partial charge in [0.25, 0.3) is 5.91 Å². The Morgan fingerprint density at radius 2 is 2.27 bits per heavy atom. The van der Waals surface area contributed by atoms with Gasteiger partial charge < -0.3 is 4.90 Å². The lowest BCUT2D eigenvalue weighted by Crippen LogP contribution is -2.43. The molecular formula is C17H18N4O. The molecule has 3 unspecified atom stereocenters. The molecule has 5 rings (SSSR count). The van der Waals surface area contributed by atoms with Crippen molar-refractivity contribution in [2.24, 2.45) is 5.92 Å². The predicted molar refractivity (Wildman–Crippen MR) is 83.4 cm³/mol. The van der Waals surface area contributed by atoms with Gasteiger partial charge in [-0.25, -0.2) is 0 Å². The lowest BCUT2D eigenvalue weighted by molar-refractivity contribution is 0.0758. The van der Waals surface area contributed by atoms with Crippen LogP contribution in [0.2, 0.25) is 0 Å². The number of carbonyl (C=O) groups excluding carboxylic acids is 1. The first kappa shape index (κ1) is 12.4. The summed E-state index contributed by atoms with van der Waals surface area (Å²) in [6.07, 6.45) is 3.34. The standard InChI is InChI=1S/C17H18N4O/c1-10-2-3-13-14(6-10)18-19-16(13)17(22)21-12-7-11-8-20(9-12)5-4-15(11)21/h2-4,6,11-12H,5,7-9H2,1H3,(H,18,19). The maximum absolute atomic E-state index is 13.1. The summed E-state index contributed by atoms with van der Waals surface area (Å²) < 4.78 is 0. The fraction of sp³-hybridized carbons (Fsp3) is 0.412. The largest absolute Gasteiger partial charge is 0.306 e. The molecule has 0 radical (unpaired) electrons. The Kier molecular flexibility index (Phi) is 2.37. The molecule has 5 nitrogen and oxygen atoms in total. The van der Waals surface area contributed by atoms with Crippen molar-refractivity contribution >= 4 is 16.8 Å². The number of H-pyrrole nitrogens is 1. The summed E-state index contributed by atoms with van der Waals surface area (Å²) in [5.74, 6) is 0.585. The van der Waals surface area contributed by atoms with Gasteiger partial charge in [0.1, 0.15) is 0 Å². The Bertz CT molecular complexity index is 821. The maximum atomic E-state index is 13.1. The molecule has 22 heavy (non-hydrogen) atoms. The number of aryl methyl sites for hydroxylation is 1. The van der Waals surface area contributed by atoms with E-state index >= 15 is 0 Å². The number of carbonyl (C=O) groups is 1. The van der Waals surface area contributed by atoms with E-state index in [0.717, 1.165) is 37.0 Å². The monoisotopic (exact) mass is 294 g/mol. The summed E-state index contributed by atoms with van der Waals surface area (Å²) in [4.78, 5) is 17.6. The van der Waals surface area contributed by atoms with Gasteiger partial charge in [0.15, 0.2) is 5.69 Å². The fourth-order valence-electron chi connectivity index (χ4n) is 4.30. The molecule has 2 saturated heterocycles. The van der Waals surface area contributed by atoms with Gasteiger partial charge in [0.2, 0.25) is 0 Å². The molecule has 3 aliphatic rings. The van der Waals surface area contributed by atoms with E-state index in [-0.39, 0.29) is 5.91 Å². The molecule has 2 fully saturated rings. The van der Waals surface area contributed by atoms with Crippen molar-refractivity contribution in [1.29, 1.82) is 0 Å². The number of aromatic amines is 1. The third-order valence-electron chi connectivity index (χ3n) is 5.26. The van der Waals surface area contributed by atoms with Crippen molar-refractivity contribution in [1.82, 2.24) is 20.0 Å².